The van der Waals surface area contributed by atoms with Gasteiger partial charge >= 0.3 is 0 Å². The lowest BCUT2D eigenvalue weighted by Gasteiger charge is -2.22. The second kappa shape index (κ2) is 6.02. The lowest BCUT2D eigenvalue weighted by molar-refractivity contribution is 0.332. The fourth-order valence-corrected chi connectivity index (χ4v) is 2.69. The number of rotatable bonds is 4. The predicted octanol–water partition coefficient (Wildman–Crippen LogP) is 3.76. The molecule has 1 heterocycles. The minimum Gasteiger partial charge on any atom is -0.359 e. The van der Waals surface area contributed by atoms with Gasteiger partial charge in [-0.15, -0.1) is 0 Å². The third kappa shape index (κ3) is 3.24. The van der Waals surface area contributed by atoms with Gasteiger partial charge in [-0.25, -0.2) is 0 Å². The normalized spacial score (nSPS) is 16.6. The molecule has 1 fully saturated rings. The Hall–Kier alpha value is -1.61. The zero-order chi connectivity index (χ0) is 12.9. The first-order valence-corrected chi connectivity index (χ1v) is 7.16. The first kappa shape index (κ1) is 12.4. The van der Waals surface area contributed by atoms with E-state index in [0.29, 0.717) is 6.04 Å². The maximum atomic E-state index is 5.40. The van der Waals surface area contributed by atoms with E-state index in [4.69, 9.17) is 4.52 Å². The molecule has 0 atom stereocenters. The zero-order valence-corrected chi connectivity index (χ0v) is 11.1. The van der Waals surface area contributed by atoms with Crippen LogP contribution in [-0.2, 0) is 6.54 Å². The molecule has 3 heteroatoms. The molecule has 19 heavy (non-hydrogen) atoms. The smallest absolute Gasteiger partial charge is 0.151 e. The van der Waals surface area contributed by atoms with Crippen LogP contribution in [0.4, 0.5) is 0 Å². The molecular formula is C16H20N2O. The number of nitrogens with zero attached hydrogens (tertiary/aromatic N) is 1. The van der Waals surface area contributed by atoms with Gasteiger partial charge in [0.15, 0.2) is 5.76 Å². The molecular weight excluding hydrogens is 236 g/mol. The number of nitrogens with one attached hydrogen (secondary N) is 1. The molecule has 0 bridgehead atoms. The van der Waals surface area contributed by atoms with Gasteiger partial charge in [-0.2, -0.15) is 0 Å². The zero-order valence-electron chi connectivity index (χ0n) is 11.1. The Bertz CT molecular complexity index is 500. The van der Waals surface area contributed by atoms with Crippen molar-refractivity contribution in [1.82, 2.24) is 10.5 Å². The van der Waals surface area contributed by atoms with E-state index in [0.717, 1.165) is 23.6 Å². The molecule has 3 rings (SSSR count). The van der Waals surface area contributed by atoms with Crippen LogP contribution in [-0.4, -0.2) is 11.2 Å². The summed E-state index contributed by atoms with van der Waals surface area (Å²) in [5, 5.41) is 7.70. The number of hydrogen-bond donors (Lipinski definition) is 1. The molecule has 1 aromatic carbocycles. The second-order valence-corrected chi connectivity index (χ2v) is 5.26. The number of aromatic nitrogens is 1. The predicted molar refractivity (Wildman–Crippen MR) is 75.7 cm³/mol. The van der Waals surface area contributed by atoms with Crippen molar-refractivity contribution < 1.29 is 4.52 Å². The van der Waals surface area contributed by atoms with E-state index >= 15 is 0 Å². The van der Waals surface area contributed by atoms with Gasteiger partial charge < -0.3 is 9.84 Å². The third-order valence-electron chi connectivity index (χ3n) is 3.80. The number of hydrogen-bond acceptors (Lipinski definition) is 3. The standard InChI is InChI=1S/C16H20N2O/c1-3-7-13(8-4-1)16-11-15(19-18-16)12-17-14-9-5-2-6-10-14/h1,3-4,7-8,11,14,17H,2,5-6,9-10,12H2. The summed E-state index contributed by atoms with van der Waals surface area (Å²) in [6.45, 7) is 0.782. The van der Waals surface area contributed by atoms with Crippen molar-refractivity contribution in [2.45, 2.75) is 44.7 Å². The van der Waals surface area contributed by atoms with Crippen LogP contribution in [0.3, 0.4) is 0 Å². The quantitative estimate of drug-likeness (QED) is 0.905. The van der Waals surface area contributed by atoms with Crippen molar-refractivity contribution in [2.75, 3.05) is 0 Å². The summed E-state index contributed by atoms with van der Waals surface area (Å²) in [6.07, 6.45) is 6.67. The molecule has 100 valence electrons. The summed E-state index contributed by atoms with van der Waals surface area (Å²) in [5.74, 6) is 0.921. The van der Waals surface area contributed by atoms with Gasteiger partial charge in [0.25, 0.3) is 0 Å². The van der Waals surface area contributed by atoms with Crippen molar-refractivity contribution >= 4 is 0 Å². The number of benzene rings is 1. The highest BCUT2D eigenvalue weighted by Crippen LogP contribution is 2.20. The first-order valence-electron chi connectivity index (χ1n) is 7.16. The Labute approximate surface area is 114 Å². The van der Waals surface area contributed by atoms with Crippen molar-refractivity contribution in [3.8, 4) is 11.3 Å². The van der Waals surface area contributed by atoms with Gasteiger partial charge in [0, 0.05) is 17.7 Å². The van der Waals surface area contributed by atoms with Crippen molar-refractivity contribution in [3.63, 3.8) is 0 Å². The fourth-order valence-electron chi connectivity index (χ4n) is 2.69. The maximum Gasteiger partial charge on any atom is 0.151 e. The van der Waals surface area contributed by atoms with Crippen molar-refractivity contribution in [3.05, 3.63) is 42.2 Å². The lowest BCUT2D eigenvalue weighted by Crippen LogP contribution is -2.30. The summed E-state index contributed by atoms with van der Waals surface area (Å²) >= 11 is 0. The summed E-state index contributed by atoms with van der Waals surface area (Å²) in [7, 11) is 0. The molecule has 1 aliphatic rings. The van der Waals surface area contributed by atoms with Crippen LogP contribution in [0.5, 0.6) is 0 Å². The molecule has 0 spiro atoms. The van der Waals surface area contributed by atoms with Gasteiger partial charge in [0.1, 0.15) is 5.69 Å². The van der Waals surface area contributed by atoms with Crippen molar-refractivity contribution in [1.29, 1.82) is 0 Å². The molecule has 3 nitrogen and oxygen atoms in total. The van der Waals surface area contributed by atoms with Crippen LogP contribution in [0, 0.1) is 0 Å². The molecule has 0 amide bonds. The van der Waals surface area contributed by atoms with E-state index in [1.165, 1.54) is 32.1 Å². The molecule has 1 saturated carbocycles. The second-order valence-electron chi connectivity index (χ2n) is 5.26. The average Bonchev–Trinajstić information content (AvgIpc) is 2.96. The molecule has 0 saturated heterocycles. The Morgan fingerprint density at radius 3 is 2.68 bits per heavy atom. The average molecular weight is 256 g/mol. The molecule has 1 N–H and O–H groups in total. The maximum absolute atomic E-state index is 5.40. The van der Waals surface area contributed by atoms with E-state index in [2.05, 4.69) is 22.6 Å². The van der Waals surface area contributed by atoms with E-state index in [1.807, 2.05) is 24.3 Å². The summed E-state index contributed by atoms with van der Waals surface area (Å²) in [4.78, 5) is 0. The molecule has 1 aliphatic carbocycles. The van der Waals surface area contributed by atoms with Gasteiger partial charge in [0.2, 0.25) is 0 Å². The summed E-state index contributed by atoms with van der Waals surface area (Å²) in [6, 6.07) is 12.8. The van der Waals surface area contributed by atoms with E-state index in [-0.39, 0.29) is 0 Å². The van der Waals surface area contributed by atoms with Crippen LogP contribution in [0.1, 0.15) is 37.9 Å². The topological polar surface area (TPSA) is 38.1 Å². The Morgan fingerprint density at radius 2 is 1.89 bits per heavy atom. The molecule has 0 unspecified atom stereocenters. The molecule has 0 aliphatic heterocycles. The minimum absolute atomic E-state index is 0.652. The van der Waals surface area contributed by atoms with Gasteiger partial charge in [-0.05, 0) is 12.8 Å². The van der Waals surface area contributed by atoms with Crippen LogP contribution in [0.2, 0.25) is 0 Å². The Kier molecular flexibility index (Phi) is 3.94. The lowest BCUT2D eigenvalue weighted by atomic mass is 9.95. The highest BCUT2D eigenvalue weighted by atomic mass is 16.5. The third-order valence-corrected chi connectivity index (χ3v) is 3.80. The Morgan fingerprint density at radius 1 is 1.11 bits per heavy atom. The van der Waals surface area contributed by atoms with E-state index in [1.54, 1.807) is 0 Å². The highest BCUT2D eigenvalue weighted by Gasteiger charge is 2.13. The largest absolute Gasteiger partial charge is 0.359 e. The van der Waals surface area contributed by atoms with Crippen molar-refractivity contribution in [2.24, 2.45) is 0 Å². The van der Waals surface area contributed by atoms with E-state index in [9.17, 15) is 0 Å². The van der Waals surface area contributed by atoms with Crippen LogP contribution in [0.25, 0.3) is 11.3 Å². The molecule has 1 aromatic heterocycles. The first-order chi connectivity index (χ1) is 9.42. The van der Waals surface area contributed by atoms with E-state index < -0.39 is 0 Å². The summed E-state index contributed by atoms with van der Waals surface area (Å²) < 4.78 is 5.40. The van der Waals surface area contributed by atoms with Crippen LogP contribution >= 0.6 is 0 Å². The van der Waals surface area contributed by atoms with Gasteiger partial charge in [0.05, 0.1) is 6.54 Å². The fraction of sp³-hybridized carbons (Fsp3) is 0.438. The summed E-state index contributed by atoms with van der Waals surface area (Å²) in [5.41, 5.74) is 2.02. The SMILES string of the molecule is c1ccc(-c2cc(CNC3CCCCC3)on2)cc1. The minimum atomic E-state index is 0.652. The van der Waals surface area contributed by atoms with Gasteiger partial charge in [-0.1, -0.05) is 54.8 Å². The Balaban J connectivity index is 1.59. The highest BCUT2D eigenvalue weighted by molar-refractivity contribution is 5.58. The molecule has 2 aromatic rings. The van der Waals surface area contributed by atoms with Crippen LogP contribution in [0.15, 0.2) is 40.9 Å². The molecule has 0 radical (unpaired) electrons. The monoisotopic (exact) mass is 256 g/mol. The van der Waals surface area contributed by atoms with Crippen LogP contribution < -0.4 is 5.32 Å². The van der Waals surface area contributed by atoms with Gasteiger partial charge in [-0.3, -0.25) is 0 Å².